The summed E-state index contributed by atoms with van der Waals surface area (Å²) in [6.07, 6.45) is -0.379. The number of hydrazone groups is 1. The van der Waals surface area contributed by atoms with Crippen molar-refractivity contribution in [1.29, 1.82) is 0 Å². The molecule has 28 heavy (non-hydrogen) atoms. The first-order valence-corrected chi connectivity index (χ1v) is 9.00. The highest BCUT2D eigenvalue weighted by molar-refractivity contribution is 7.81. The van der Waals surface area contributed by atoms with Gasteiger partial charge >= 0.3 is 0 Å². The molecule has 0 saturated heterocycles. The van der Waals surface area contributed by atoms with Crippen molar-refractivity contribution in [2.45, 2.75) is 20.3 Å². The first-order chi connectivity index (χ1) is 13.1. The molecule has 12 heteroatoms. The van der Waals surface area contributed by atoms with E-state index in [1.54, 1.807) is 13.8 Å². The van der Waals surface area contributed by atoms with Gasteiger partial charge in [0.05, 0.1) is 27.6 Å². The van der Waals surface area contributed by atoms with Gasteiger partial charge in [-0.1, -0.05) is 18.3 Å². The van der Waals surface area contributed by atoms with Gasteiger partial charge < -0.3 is 16.9 Å². The number of thiocarbonyl (C=S) groups is 1. The summed E-state index contributed by atoms with van der Waals surface area (Å²) in [5.41, 5.74) is 6.35. The van der Waals surface area contributed by atoms with Gasteiger partial charge in [-0.05, 0) is 19.4 Å². The van der Waals surface area contributed by atoms with Gasteiger partial charge in [-0.15, -0.1) is 11.3 Å². The molecule has 1 amide bonds. The Hall–Kier alpha value is -3.25. The first-order valence-electron chi connectivity index (χ1n) is 7.77. The number of aromatic nitrogens is 1. The van der Waals surface area contributed by atoms with Crippen molar-refractivity contribution in [3.63, 3.8) is 0 Å². The summed E-state index contributed by atoms with van der Waals surface area (Å²) < 4.78 is 0. The lowest BCUT2D eigenvalue weighted by Crippen LogP contribution is -2.27. The number of nitrogens with two attached hydrogens (primary N) is 2. The number of hydrogen-bond acceptors (Lipinski definition) is 9. The quantitative estimate of drug-likeness (QED) is 0.152. The Kier molecular flexibility index (Phi) is 6.49. The second-order valence-electron chi connectivity index (χ2n) is 5.68. The molecule has 0 unspecified atom stereocenters. The van der Waals surface area contributed by atoms with Gasteiger partial charge in [0.25, 0.3) is 11.6 Å². The Morgan fingerprint density at radius 1 is 1.39 bits per heavy atom. The minimum Gasteiger partial charge on any atom is -0.387 e. The van der Waals surface area contributed by atoms with Crippen LogP contribution < -0.4 is 16.9 Å². The van der Waals surface area contributed by atoms with E-state index in [2.05, 4.69) is 15.4 Å². The zero-order chi connectivity index (χ0) is 21.0. The normalized spacial score (nSPS) is 11.1. The van der Waals surface area contributed by atoms with E-state index in [0.717, 1.165) is 11.3 Å². The molecule has 0 aliphatic rings. The second kappa shape index (κ2) is 8.63. The predicted molar refractivity (Wildman–Crippen MR) is 110 cm³/mol. The van der Waals surface area contributed by atoms with E-state index >= 15 is 0 Å². The fourth-order valence-electron chi connectivity index (χ4n) is 2.23. The molecule has 0 radical (unpaired) electrons. The second-order valence-corrected chi connectivity index (χ2v) is 7.12. The van der Waals surface area contributed by atoms with Crippen molar-refractivity contribution in [2.24, 2.45) is 16.7 Å². The number of nitro benzene ring substituents is 1. The van der Waals surface area contributed by atoms with Crippen LogP contribution in [-0.4, -0.2) is 32.3 Å². The molecule has 0 saturated carbocycles. The smallest absolute Gasteiger partial charge is 0.272 e. The van der Waals surface area contributed by atoms with Crippen LogP contribution in [0.25, 0.3) is 0 Å². The molecular formula is C16H16N6O4S2. The molecule has 2 rings (SSSR count). The summed E-state index contributed by atoms with van der Waals surface area (Å²) in [5.74, 6) is 4.11. The van der Waals surface area contributed by atoms with E-state index in [1.807, 2.05) is 0 Å². The average molecular weight is 420 g/mol. The maximum atomic E-state index is 12.5. The average Bonchev–Trinajstić information content (AvgIpc) is 3.03. The highest BCUT2D eigenvalue weighted by Gasteiger charge is 2.22. The summed E-state index contributed by atoms with van der Waals surface area (Å²) in [4.78, 5) is 39.8. The Morgan fingerprint density at radius 3 is 2.61 bits per heavy atom. The number of anilines is 1. The Labute approximate surface area is 168 Å². The summed E-state index contributed by atoms with van der Waals surface area (Å²) in [6, 6.07) is 4.03. The van der Waals surface area contributed by atoms with Crippen LogP contribution in [0.1, 0.15) is 32.4 Å². The van der Waals surface area contributed by atoms with Crippen molar-refractivity contribution < 1.29 is 14.5 Å². The van der Waals surface area contributed by atoms with Crippen LogP contribution in [0.4, 0.5) is 11.4 Å². The number of non-ortho nitro benzene ring substituents is 1. The minimum atomic E-state index is -0.740. The van der Waals surface area contributed by atoms with Gasteiger partial charge in [-0.3, -0.25) is 19.7 Å². The standard InChI is InChI=1S/C16H16N6O4S2/c1-7-3-4-9(22(25)26)5-10(7)20-15(24)11(21-18)6-12(23)13-8(2)19-16(28-13)14(17)27/h3-5H,6,18H2,1-2H3,(H2,17,27)(H,20,24)/b21-11-. The van der Waals surface area contributed by atoms with E-state index < -0.39 is 16.6 Å². The number of carbonyl (C=O) groups excluding carboxylic acids is 2. The molecule has 2 aromatic rings. The van der Waals surface area contributed by atoms with E-state index in [4.69, 9.17) is 23.8 Å². The van der Waals surface area contributed by atoms with E-state index in [1.165, 1.54) is 18.2 Å². The van der Waals surface area contributed by atoms with Gasteiger partial charge in [0, 0.05) is 12.1 Å². The summed E-state index contributed by atoms with van der Waals surface area (Å²) in [6.45, 7) is 3.29. The lowest BCUT2D eigenvalue weighted by atomic mass is 10.1. The van der Waals surface area contributed by atoms with Gasteiger partial charge in [-0.2, -0.15) is 5.10 Å². The Bertz CT molecular complexity index is 1010. The van der Waals surface area contributed by atoms with Crippen LogP contribution in [0, 0.1) is 24.0 Å². The maximum Gasteiger partial charge on any atom is 0.272 e. The van der Waals surface area contributed by atoms with E-state index in [9.17, 15) is 19.7 Å². The highest BCUT2D eigenvalue weighted by Crippen LogP contribution is 2.23. The number of Topliss-reactive ketones (excluding diaryl/α,β-unsaturated/α-hetero) is 1. The molecule has 0 spiro atoms. The number of nitrogens with zero attached hydrogens (tertiary/aromatic N) is 3. The Morgan fingerprint density at radius 2 is 2.07 bits per heavy atom. The molecule has 0 aliphatic carbocycles. The van der Waals surface area contributed by atoms with Crippen molar-refractivity contribution >= 4 is 57.3 Å². The fourth-order valence-corrected chi connectivity index (χ4v) is 3.26. The number of nitro groups is 1. The molecule has 0 aliphatic heterocycles. The molecule has 0 atom stereocenters. The van der Waals surface area contributed by atoms with E-state index in [0.29, 0.717) is 21.1 Å². The predicted octanol–water partition coefficient (Wildman–Crippen LogP) is 1.83. The zero-order valence-corrected chi connectivity index (χ0v) is 16.5. The minimum absolute atomic E-state index is 0.0683. The summed E-state index contributed by atoms with van der Waals surface area (Å²) in [5, 5.41) is 17.1. The van der Waals surface area contributed by atoms with Crippen LogP contribution in [-0.2, 0) is 4.79 Å². The number of benzene rings is 1. The number of amides is 1. The zero-order valence-electron chi connectivity index (χ0n) is 14.9. The van der Waals surface area contributed by atoms with Crippen molar-refractivity contribution in [1.82, 2.24) is 4.98 Å². The molecule has 10 nitrogen and oxygen atoms in total. The number of ketones is 1. The van der Waals surface area contributed by atoms with Crippen molar-refractivity contribution in [3.8, 4) is 0 Å². The number of hydrogen-bond donors (Lipinski definition) is 3. The van der Waals surface area contributed by atoms with Gasteiger partial charge in [0.2, 0.25) is 0 Å². The highest BCUT2D eigenvalue weighted by atomic mass is 32.1. The fraction of sp³-hybridized carbons (Fsp3) is 0.188. The lowest BCUT2D eigenvalue weighted by molar-refractivity contribution is -0.384. The molecule has 5 N–H and O–H groups in total. The number of carbonyl (C=O) groups is 2. The van der Waals surface area contributed by atoms with Crippen LogP contribution in [0.3, 0.4) is 0 Å². The van der Waals surface area contributed by atoms with Crippen molar-refractivity contribution in [3.05, 3.63) is 49.5 Å². The monoisotopic (exact) mass is 420 g/mol. The van der Waals surface area contributed by atoms with E-state index in [-0.39, 0.29) is 28.5 Å². The first kappa shape index (κ1) is 21.1. The third kappa shape index (κ3) is 4.72. The number of nitrogens with one attached hydrogen (secondary N) is 1. The molecule has 0 fully saturated rings. The summed E-state index contributed by atoms with van der Waals surface area (Å²) >= 11 is 5.87. The number of rotatable bonds is 7. The molecule has 1 aromatic heterocycles. The van der Waals surface area contributed by atoms with Crippen LogP contribution >= 0.6 is 23.6 Å². The summed E-state index contributed by atoms with van der Waals surface area (Å²) in [7, 11) is 0. The van der Waals surface area contributed by atoms with Gasteiger partial charge in [-0.25, -0.2) is 4.98 Å². The molecular weight excluding hydrogens is 404 g/mol. The third-order valence-corrected chi connectivity index (χ3v) is 5.24. The molecule has 0 bridgehead atoms. The third-order valence-electron chi connectivity index (χ3n) is 3.69. The SMILES string of the molecule is Cc1ccc([N+](=O)[O-])cc1NC(=O)/C(CC(=O)c1sc(C(N)=S)nc1C)=N\N. The van der Waals surface area contributed by atoms with Crippen LogP contribution in [0.2, 0.25) is 0 Å². The Balaban J connectivity index is 2.19. The number of thiazole rings is 1. The molecule has 146 valence electrons. The number of aryl methyl sites for hydroxylation is 2. The molecule has 1 aromatic carbocycles. The van der Waals surface area contributed by atoms with Crippen molar-refractivity contribution in [2.75, 3.05) is 5.32 Å². The van der Waals surface area contributed by atoms with Gasteiger partial charge in [0.1, 0.15) is 10.7 Å². The van der Waals surface area contributed by atoms with Crippen LogP contribution in [0.5, 0.6) is 0 Å². The lowest BCUT2D eigenvalue weighted by Gasteiger charge is -2.09. The topological polar surface area (TPSA) is 167 Å². The van der Waals surface area contributed by atoms with Gasteiger partial charge in [0.15, 0.2) is 10.8 Å². The molecule has 1 heterocycles. The maximum absolute atomic E-state index is 12.5. The largest absolute Gasteiger partial charge is 0.387 e. The van der Waals surface area contributed by atoms with Crippen LogP contribution in [0.15, 0.2) is 23.3 Å².